The predicted molar refractivity (Wildman–Crippen MR) is 188 cm³/mol. The Bertz CT molecular complexity index is 1780. The minimum Gasteiger partial charge on any atom is -1.00 e. The van der Waals surface area contributed by atoms with Gasteiger partial charge in [-0.15, -0.1) is 69.1 Å². The Morgan fingerprint density at radius 3 is 1.20 bits per heavy atom. The molecular weight excluding hydrogens is 703 g/mol. The summed E-state index contributed by atoms with van der Waals surface area (Å²) in [5.74, 6) is 2.60. The summed E-state index contributed by atoms with van der Waals surface area (Å²) in [6.45, 7) is 14.6. The zero-order valence-corrected chi connectivity index (χ0v) is 32.9. The summed E-state index contributed by atoms with van der Waals surface area (Å²) in [6.07, 6.45) is 0. The summed E-state index contributed by atoms with van der Waals surface area (Å²) < 4.78 is 11.0. The molecule has 0 amide bonds. The molecule has 0 aliphatic carbocycles. The quantitative estimate of drug-likeness (QED) is 0.174. The van der Waals surface area contributed by atoms with Gasteiger partial charge in [0.2, 0.25) is 0 Å². The Kier molecular flexibility index (Phi) is 12.4. The standard InChI is InChI=1S/C40H42O2Si.2ClH.Zr/c1-25(2)35-23-29-11-9-13-33(27-15-19-31(41-5)20-16-27)37(29)39(35)43(7,8)40-36(26(3)4)24-30-12-10-14-34(38(30)40)28-17-21-32(42-6)22-18-28;;;/h9-26H,1-8H3;2*1H;/q-2;;;+4/p-2. The molecule has 6 aromatic rings. The largest absolute Gasteiger partial charge is 4.00 e. The summed E-state index contributed by atoms with van der Waals surface area (Å²) >= 11 is 0. The molecule has 6 rings (SSSR count). The van der Waals surface area contributed by atoms with Crippen LogP contribution in [0, 0.1) is 0 Å². The molecule has 0 saturated heterocycles. The maximum atomic E-state index is 5.49. The molecule has 46 heavy (non-hydrogen) atoms. The molecule has 0 radical (unpaired) electrons. The van der Waals surface area contributed by atoms with Gasteiger partial charge in [0, 0.05) is 8.07 Å². The average Bonchev–Trinajstić information content (AvgIpc) is 3.62. The van der Waals surface area contributed by atoms with Crippen LogP contribution in [-0.4, -0.2) is 22.3 Å². The van der Waals surface area contributed by atoms with E-state index in [1.807, 2.05) is 0 Å². The van der Waals surface area contributed by atoms with Gasteiger partial charge in [-0.2, -0.15) is 10.4 Å². The molecule has 236 valence electrons. The topological polar surface area (TPSA) is 18.5 Å². The van der Waals surface area contributed by atoms with Gasteiger partial charge in [-0.1, -0.05) is 88.3 Å². The van der Waals surface area contributed by atoms with Crippen molar-refractivity contribution in [2.24, 2.45) is 0 Å². The minimum absolute atomic E-state index is 0. The maximum absolute atomic E-state index is 5.49. The van der Waals surface area contributed by atoms with Gasteiger partial charge >= 0.3 is 26.2 Å². The Morgan fingerprint density at radius 1 is 0.543 bits per heavy atom. The van der Waals surface area contributed by atoms with Crippen LogP contribution < -0.4 is 44.7 Å². The second-order valence-electron chi connectivity index (χ2n) is 12.9. The third kappa shape index (κ3) is 6.56. The molecule has 6 heteroatoms. The smallest absolute Gasteiger partial charge is 1.00 e. The first kappa shape index (κ1) is 37.8. The van der Waals surface area contributed by atoms with E-state index >= 15 is 0 Å². The number of rotatable bonds is 8. The molecule has 0 saturated carbocycles. The molecule has 6 aromatic carbocycles. The molecule has 0 bridgehead atoms. The van der Waals surface area contributed by atoms with Gasteiger partial charge in [0.1, 0.15) is 11.5 Å². The van der Waals surface area contributed by atoms with Gasteiger partial charge in [-0.3, -0.25) is 0 Å². The Morgan fingerprint density at radius 2 is 0.891 bits per heavy atom. The van der Waals surface area contributed by atoms with E-state index < -0.39 is 8.07 Å². The molecule has 0 unspecified atom stereocenters. The second-order valence-corrected chi connectivity index (χ2v) is 17.1. The van der Waals surface area contributed by atoms with Gasteiger partial charge in [0.05, 0.1) is 14.2 Å². The number of fused-ring (bicyclic) bond motifs is 2. The fourth-order valence-corrected chi connectivity index (χ4v) is 11.3. The van der Waals surface area contributed by atoms with Crippen LogP contribution in [-0.2, 0) is 26.2 Å². The number of hydrogen-bond donors (Lipinski definition) is 0. The van der Waals surface area contributed by atoms with Crippen molar-refractivity contribution in [1.29, 1.82) is 0 Å². The van der Waals surface area contributed by atoms with Crippen molar-refractivity contribution in [3.63, 3.8) is 0 Å². The van der Waals surface area contributed by atoms with E-state index in [4.69, 9.17) is 9.47 Å². The zero-order chi connectivity index (χ0) is 30.5. The van der Waals surface area contributed by atoms with E-state index in [2.05, 4.69) is 138 Å². The van der Waals surface area contributed by atoms with Gasteiger partial charge in [0.15, 0.2) is 0 Å². The first-order valence-corrected chi connectivity index (χ1v) is 18.4. The minimum atomic E-state index is -2.31. The predicted octanol–water partition coefficient (Wildman–Crippen LogP) is 3.86. The monoisotopic (exact) mass is 742 g/mol. The van der Waals surface area contributed by atoms with E-state index in [0.29, 0.717) is 11.8 Å². The van der Waals surface area contributed by atoms with E-state index in [9.17, 15) is 0 Å². The fraction of sp³-hybridized carbons (Fsp3) is 0.250. The van der Waals surface area contributed by atoms with Gasteiger partial charge in [-0.05, 0) is 47.2 Å². The van der Waals surface area contributed by atoms with Crippen LogP contribution in [0.1, 0.15) is 50.7 Å². The van der Waals surface area contributed by atoms with Crippen molar-refractivity contribution < 1.29 is 60.5 Å². The summed E-state index contributed by atoms with van der Waals surface area (Å²) in [5.41, 5.74) is 8.04. The molecule has 0 aromatic heterocycles. The van der Waals surface area contributed by atoms with Crippen molar-refractivity contribution >= 4 is 40.0 Å². The van der Waals surface area contributed by atoms with Crippen LogP contribution in [0.15, 0.2) is 97.1 Å². The van der Waals surface area contributed by atoms with E-state index in [0.717, 1.165) is 11.5 Å². The van der Waals surface area contributed by atoms with Crippen molar-refractivity contribution in [1.82, 2.24) is 0 Å². The average molecular weight is 745 g/mol. The van der Waals surface area contributed by atoms with E-state index in [1.165, 1.54) is 54.9 Å². The van der Waals surface area contributed by atoms with Crippen molar-refractivity contribution in [2.45, 2.75) is 52.6 Å². The van der Waals surface area contributed by atoms with Crippen LogP contribution in [0.5, 0.6) is 11.5 Å². The molecular formula is C40H42Cl2O2SiZr. The number of hydrogen-bond acceptors (Lipinski definition) is 2. The number of halogens is 2. The summed E-state index contributed by atoms with van der Waals surface area (Å²) in [5, 5.41) is 8.65. The molecule has 0 spiro atoms. The van der Waals surface area contributed by atoms with Gasteiger partial charge < -0.3 is 34.3 Å². The molecule has 0 aliphatic rings. The van der Waals surface area contributed by atoms with Gasteiger partial charge in [0.25, 0.3) is 0 Å². The Balaban J connectivity index is 0.00000192. The van der Waals surface area contributed by atoms with Crippen molar-refractivity contribution in [3.8, 4) is 33.8 Å². The summed E-state index contributed by atoms with van der Waals surface area (Å²) in [7, 11) is 1.15. The molecule has 0 N–H and O–H groups in total. The van der Waals surface area contributed by atoms with Crippen LogP contribution in [0.25, 0.3) is 43.8 Å². The third-order valence-electron chi connectivity index (χ3n) is 9.19. The first-order valence-electron chi connectivity index (χ1n) is 15.4. The van der Waals surface area contributed by atoms with Crippen LogP contribution >= 0.6 is 0 Å². The van der Waals surface area contributed by atoms with Crippen LogP contribution in [0.2, 0.25) is 13.1 Å². The molecule has 0 heterocycles. The SMILES string of the molecule is COc1ccc(-c2cccc3[cH-]c(C(C)C)c([Si](C)(C)c4c(C(C)C)[cH-]c5cccc(-c6ccc(OC)cc6)c45)c23)cc1.[Cl-].[Cl-].[Zr+4]. The number of methoxy groups -OCH3 is 2. The summed E-state index contributed by atoms with van der Waals surface area (Å²) in [4.78, 5) is 0. The molecule has 0 fully saturated rings. The zero-order valence-electron chi connectivity index (χ0n) is 28.0. The Hall–Kier alpha value is -2.62. The van der Waals surface area contributed by atoms with Crippen LogP contribution in [0.4, 0.5) is 0 Å². The van der Waals surface area contributed by atoms with Gasteiger partial charge in [-0.25, -0.2) is 0 Å². The first-order chi connectivity index (χ1) is 20.6. The van der Waals surface area contributed by atoms with Crippen LogP contribution in [0.3, 0.4) is 0 Å². The normalized spacial score (nSPS) is 11.3. The summed E-state index contributed by atoms with van der Waals surface area (Å²) in [6, 6.07) is 35.7. The molecule has 0 aliphatic heterocycles. The van der Waals surface area contributed by atoms with E-state index in [1.54, 1.807) is 24.6 Å². The third-order valence-corrected chi connectivity index (χ3v) is 12.8. The Labute approximate surface area is 307 Å². The fourth-order valence-electron chi connectivity index (χ4n) is 7.11. The maximum Gasteiger partial charge on any atom is 4.00 e. The molecule has 0 atom stereocenters. The number of ether oxygens (including phenoxy) is 2. The van der Waals surface area contributed by atoms with Crippen molar-refractivity contribution in [3.05, 3.63) is 108 Å². The molecule has 2 nitrogen and oxygen atoms in total. The van der Waals surface area contributed by atoms with E-state index in [-0.39, 0.29) is 51.0 Å². The van der Waals surface area contributed by atoms with Crippen molar-refractivity contribution in [2.75, 3.05) is 14.2 Å². The number of benzene rings is 4. The second kappa shape index (κ2) is 15.1.